The number of likely N-dealkylation sites (N-methyl/N-ethyl adjacent to an activating group) is 1. The summed E-state index contributed by atoms with van der Waals surface area (Å²) in [6.45, 7) is 2.84. The van der Waals surface area contributed by atoms with Crippen molar-refractivity contribution in [1.82, 2.24) is 14.7 Å². The molecule has 0 aromatic carbocycles. The summed E-state index contributed by atoms with van der Waals surface area (Å²) in [5, 5.41) is 4.22. The summed E-state index contributed by atoms with van der Waals surface area (Å²) in [7, 11) is 4.04. The normalized spacial score (nSPS) is 19.1. The number of aryl methyl sites for hydroxylation is 1. The molecule has 0 N–H and O–H groups in total. The molecular weight excluding hydrogens is 226 g/mol. The lowest BCUT2D eigenvalue weighted by Crippen LogP contribution is -2.52. The molecule has 0 unspecified atom stereocenters. The molecule has 1 fully saturated rings. The van der Waals surface area contributed by atoms with Crippen LogP contribution in [0.2, 0.25) is 0 Å². The topological polar surface area (TPSA) is 38.1 Å². The van der Waals surface area contributed by atoms with Crippen LogP contribution in [0.4, 0.5) is 0 Å². The van der Waals surface area contributed by atoms with Gasteiger partial charge in [-0.2, -0.15) is 5.10 Å². The maximum absolute atomic E-state index is 12.8. The van der Waals surface area contributed by atoms with Crippen LogP contribution in [0.5, 0.6) is 0 Å². The van der Waals surface area contributed by atoms with Crippen LogP contribution in [-0.4, -0.2) is 40.1 Å². The van der Waals surface area contributed by atoms with Gasteiger partial charge in [-0.3, -0.25) is 14.4 Å². The van der Waals surface area contributed by atoms with E-state index in [4.69, 9.17) is 0 Å². The van der Waals surface area contributed by atoms with E-state index in [1.807, 2.05) is 31.9 Å². The zero-order valence-corrected chi connectivity index (χ0v) is 11.6. The molecule has 0 aliphatic heterocycles. The van der Waals surface area contributed by atoms with E-state index in [1.165, 1.54) is 6.42 Å². The van der Waals surface area contributed by atoms with Crippen molar-refractivity contribution in [3.63, 3.8) is 0 Å². The Hall–Kier alpha value is -1.16. The smallest absolute Gasteiger partial charge is 0.186 e. The molecule has 4 nitrogen and oxygen atoms in total. The van der Waals surface area contributed by atoms with Gasteiger partial charge in [-0.1, -0.05) is 19.3 Å². The third-order valence-electron chi connectivity index (χ3n) is 4.18. The van der Waals surface area contributed by atoms with Crippen molar-refractivity contribution < 1.29 is 4.79 Å². The molecule has 0 amide bonds. The highest BCUT2D eigenvalue weighted by Gasteiger charge is 2.42. The van der Waals surface area contributed by atoms with Crippen LogP contribution in [0, 0.1) is 0 Å². The van der Waals surface area contributed by atoms with Crippen LogP contribution in [0.1, 0.15) is 49.4 Å². The average Bonchev–Trinajstić information content (AvgIpc) is 2.87. The van der Waals surface area contributed by atoms with Crippen LogP contribution < -0.4 is 0 Å². The fourth-order valence-corrected chi connectivity index (χ4v) is 2.94. The van der Waals surface area contributed by atoms with Gasteiger partial charge in [0, 0.05) is 12.7 Å². The zero-order valence-electron chi connectivity index (χ0n) is 11.6. The van der Waals surface area contributed by atoms with Crippen LogP contribution in [0.15, 0.2) is 12.4 Å². The van der Waals surface area contributed by atoms with Crippen molar-refractivity contribution in [2.75, 3.05) is 14.1 Å². The van der Waals surface area contributed by atoms with Gasteiger partial charge in [-0.05, 0) is 33.9 Å². The number of carbonyl (C=O) groups is 1. The van der Waals surface area contributed by atoms with Gasteiger partial charge in [0.05, 0.1) is 17.3 Å². The van der Waals surface area contributed by atoms with E-state index in [9.17, 15) is 4.79 Å². The summed E-state index contributed by atoms with van der Waals surface area (Å²) in [4.78, 5) is 14.9. The summed E-state index contributed by atoms with van der Waals surface area (Å²) in [6, 6.07) is 0. The zero-order chi connectivity index (χ0) is 13.2. The monoisotopic (exact) mass is 249 g/mol. The van der Waals surface area contributed by atoms with E-state index in [-0.39, 0.29) is 11.3 Å². The van der Waals surface area contributed by atoms with Gasteiger partial charge in [0.25, 0.3) is 0 Å². The van der Waals surface area contributed by atoms with E-state index in [2.05, 4.69) is 10.00 Å². The number of aromatic nitrogens is 2. The van der Waals surface area contributed by atoms with Crippen LogP contribution in [0.25, 0.3) is 0 Å². The van der Waals surface area contributed by atoms with Gasteiger partial charge in [-0.15, -0.1) is 0 Å². The minimum atomic E-state index is -0.306. The second kappa shape index (κ2) is 5.22. The SMILES string of the molecule is CCn1cc(C(=O)C2(N(C)C)CCCCC2)cn1. The Bertz CT molecular complexity index is 416. The molecule has 100 valence electrons. The van der Waals surface area contributed by atoms with Crippen molar-refractivity contribution in [2.45, 2.75) is 51.1 Å². The Morgan fingerprint density at radius 2 is 2.06 bits per heavy atom. The van der Waals surface area contributed by atoms with Gasteiger partial charge in [0.1, 0.15) is 0 Å². The van der Waals surface area contributed by atoms with Gasteiger partial charge >= 0.3 is 0 Å². The van der Waals surface area contributed by atoms with E-state index in [0.29, 0.717) is 0 Å². The second-order valence-corrected chi connectivity index (χ2v) is 5.40. The molecule has 0 radical (unpaired) electrons. The molecule has 1 heterocycles. The van der Waals surface area contributed by atoms with Crippen molar-refractivity contribution in [3.8, 4) is 0 Å². The predicted octanol–water partition coefficient (Wildman–Crippen LogP) is 2.35. The molecule has 1 aromatic heterocycles. The van der Waals surface area contributed by atoms with Crippen molar-refractivity contribution in [2.24, 2.45) is 0 Å². The Labute approximate surface area is 109 Å². The largest absolute Gasteiger partial charge is 0.297 e. The lowest BCUT2D eigenvalue weighted by atomic mass is 9.76. The van der Waals surface area contributed by atoms with Crippen molar-refractivity contribution in [1.29, 1.82) is 0 Å². The number of rotatable bonds is 4. The van der Waals surface area contributed by atoms with Gasteiger partial charge in [0.2, 0.25) is 0 Å². The number of carbonyl (C=O) groups excluding carboxylic acids is 1. The molecule has 1 saturated carbocycles. The molecule has 4 heteroatoms. The fraction of sp³-hybridized carbons (Fsp3) is 0.714. The van der Waals surface area contributed by atoms with Gasteiger partial charge in [-0.25, -0.2) is 0 Å². The predicted molar refractivity (Wildman–Crippen MR) is 71.7 cm³/mol. The summed E-state index contributed by atoms with van der Waals surface area (Å²) < 4.78 is 1.82. The number of nitrogens with zero attached hydrogens (tertiary/aromatic N) is 3. The first-order valence-corrected chi connectivity index (χ1v) is 6.85. The number of ketones is 1. The van der Waals surface area contributed by atoms with E-state index >= 15 is 0 Å². The summed E-state index contributed by atoms with van der Waals surface area (Å²) >= 11 is 0. The number of hydrogen-bond donors (Lipinski definition) is 0. The Kier molecular flexibility index (Phi) is 3.85. The fourth-order valence-electron chi connectivity index (χ4n) is 2.94. The molecule has 0 spiro atoms. The highest BCUT2D eigenvalue weighted by molar-refractivity contribution is 6.03. The lowest BCUT2D eigenvalue weighted by Gasteiger charge is -2.41. The third-order valence-corrected chi connectivity index (χ3v) is 4.18. The van der Waals surface area contributed by atoms with E-state index in [0.717, 1.165) is 37.8 Å². The molecule has 1 aliphatic rings. The van der Waals surface area contributed by atoms with Crippen LogP contribution in [0.3, 0.4) is 0 Å². The molecule has 18 heavy (non-hydrogen) atoms. The molecule has 0 atom stereocenters. The van der Waals surface area contributed by atoms with Gasteiger partial charge in [0.15, 0.2) is 5.78 Å². The Balaban J connectivity index is 2.28. The van der Waals surface area contributed by atoms with Crippen LogP contribution >= 0.6 is 0 Å². The minimum absolute atomic E-state index is 0.243. The quantitative estimate of drug-likeness (QED) is 0.769. The Morgan fingerprint density at radius 1 is 1.39 bits per heavy atom. The molecule has 2 rings (SSSR count). The summed E-state index contributed by atoms with van der Waals surface area (Å²) in [5.41, 5.74) is 0.451. The molecule has 0 saturated heterocycles. The molecule has 0 bridgehead atoms. The van der Waals surface area contributed by atoms with Crippen molar-refractivity contribution in [3.05, 3.63) is 18.0 Å². The average molecular weight is 249 g/mol. The first-order valence-electron chi connectivity index (χ1n) is 6.85. The van der Waals surface area contributed by atoms with E-state index in [1.54, 1.807) is 6.20 Å². The lowest BCUT2D eigenvalue weighted by molar-refractivity contribution is 0.0564. The summed E-state index contributed by atoms with van der Waals surface area (Å²) in [6.07, 6.45) is 9.06. The summed E-state index contributed by atoms with van der Waals surface area (Å²) in [5.74, 6) is 0.243. The maximum Gasteiger partial charge on any atom is 0.186 e. The number of hydrogen-bond acceptors (Lipinski definition) is 3. The highest BCUT2D eigenvalue weighted by atomic mass is 16.1. The molecular formula is C14H23N3O. The van der Waals surface area contributed by atoms with E-state index < -0.39 is 0 Å². The molecule has 1 aliphatic carbocycles. The maximum atomic E-state index is 12.8. The molecule has 1 aromatic rings. The third kappa shape index (κ3) is 2.21. The first-order chi connectivity index (χ1) is 8.60. The highest BCUT2D eigenvalue weighted by Crippen LogP contribution is 2.35. The minimum Gasteiger partial charge on any atom is -0.297 e. The Morgan fingerprint density at radius 3 is 2.56 bits per heavy atom. The first kappa shape index (κ1) is 13.3. The standard InChI is InChI=1S/C14H23N3O/c1-4-17-11-12(10-15-17)13(18)14(16(2)3)8-6-5-7-9-14/h10-11H,4-9H2,1-3H3. The number of Topliss-reactive ketones (excluding diaryl/α,β-unsaturated/α-hetero) is 1. The van der Waals surface area contributed by atoms with Gasteiger partial charge < -0.3 is 0 Å². The second-order valence-electron chi connectivity index (χ2n) is 5.40. The van der Waals surface area contributed by atoms with Crippen molar-refractivity contribution >= 4 is 5.78 Å². The van der Waals surface area contributed by atoms with Crippen LogP contribution in [-0.2, 0) is 6.54 Å².